The van der Waals surface area contributed by atoms with Crippen LogP contribution in [-0.4, -0.2) is 33.8 Å². The summed E-state index contributed by atoms with van der Waals surface area (Å²) < 4.78 is 5.43. The second-order valence-electron chi connectivity index (χ2n) is 5.81. The van der Waals surface area contributed by atoms with Crippen LogP contribution in [0.2, 0.25) is 0 Å². The molecule has 1 rings (SSSR count). The minimum Gasteiger partial charge on any atom is -0.496 e. The number of rotatable bonds is 7. The molecule has 0 aliphatic rings. The van der Waals surface area contributed by atoms with Crippen molar-refractivity contribution in [2.45, 2.75) is 33.1 Å². The van der Waals surface area contributed by atoms with Crippen molar-refractivity contribution in [2.24, 2.45) is 0 Å². The van der Waals surface area contributed by atoms with E-state index >= 15 is 0 Å². The molecule has 0 spiro atoms. The highest BCUT2D eigenvalue weighted by Crippen LogP contribution is 2.30. The number of methoxy groups -OCH3 is 1. The molecule has 0 unspecified atom stereocenters. The quantitative estimate of drug-likeness (QED) is 0.742. The van der Waals surface area contributed by atoms with Gasteiger partial charge >= 0.3 is 0 Å². The molecule has 1 aromatic carbocycles. The summed E-state index contributed by atoms with van der Waals surface area (Å²) in [5.74, 6) is 1.00. The van der Waals surface area contributed by atoms with Gasteiger partial charge in [-0.2, -0.15) is 0 Å². The Morgan fingerprint density at radius 3 is 2.16 bits per heavy atom. The molecule has 0 saturated carbocycles. The summed E-state index contributed by atoms with van der Waals surface area (Å²) in [6.45, 7) is 11.7. The van der Waals surface area contributed by atoms with Gasteiger partial charge in [-0.3, -0.25) is 0 Å². The Balaban J connectivity index is 2.83. The number of nitrogens with one attached hydrogen (secondary N) is 2. The van der Waals surface area contributed by atoms with Crippen molar-refractivity contribution in [1.29, 1.82) is 0 Å². The molecule has 0 atom stereocenters. The van der Waals surface area contributed by atoms with E-state index in [0.29, 0.717) is 0 Å². The molecule has 0 radical (unpaired) electrons. The summed E-state index contributed by atoms with van der Waals surface area (Å²) in [5.41, 5.74) is 3.90. The lowest BCUT2D eigenvalue weighted by molar-refractivity contribution is 0.407. The van der Waals surface area contributed by atoms with E-state index in [-0.39, 0.29) is 5.41 Å². The van der Waals surface area contributed by atoms with Gasteiger partial charge in [0.1, 0.15) is 5.75 Å². The minimum atomic E-state index is 0.121. The van der Waals surface area contributed by atoms with Gasteiger partial charge in [-0.1, -0.05) is 26.0 Å². The molecular formula is C16H28N2O. The van der Waals surface area contributed by atoms with E-state index in [4.69, 9.17) is 4.74 Å². The number of aryl methyl sites for hydroxylation is 2. The Bertz CT molecular complexity index is 390. The van der Waals surface area contributed by atoms with E-state index in [1.54, 1.807) is 7.11 Å². The number of likely N-dealkylation sites (N-methyl/N-ethyl adjacent to an activating group) is 1. The number of hydrogen-bond acceptors (Lipinski definition) is 3. The fourth-order valence-corrected chi connectivity index (χ4v) is 2.38. The highest BCUT2D eigenvalue weighted by Gasteiger charge is 2.21. The standard InChI is InChI=1S/C16H28N2O/c1-12-9-14(10-13(2)15(12)19-6)16(3,4)11-18-8-7-17-5/h9-10,17-18H,7-8,11H2,1-6H3. The van der Waals surface area contributed by atoms with Gasteiger partial charge in [-0.15, -0.1) is 0 Å². The number of hydrogen-bond donors (Lipinski definition) is 2. The van der Waals surface area contributed by atoms with E-state index in [1.807, 2.05) is 7.05 Å². The van der Waals surface area contributed by atoms with Crippen molar-refractivity contribution in [2.75, 3.05) is 33.8 Å². The van der Waals surface area contributed by atoms with Crippen molar-refractivity contribution >= 4 is 0 Å². The van der Waals surface area contributed by atoms with E-state index in [9.17, 15) is 0 Å². The zero-order valence-electron chi connectivity index (χ0n) is 13.2. The number of ether oxygens (including phenoxy) is 1. The third-order valence-electron chi connectivity index (χ3n) is 3.56. The van der Waals surface area contributed by atoms with E-state index in [2.05, 4.69) is 50.5 Å². The van der Waals surface area contributed by atoms with Crippen molar-refractivity contribution in [3.05, 3.63) is 28.8 Å². The van der Waals surface area contributed by atoms with E-state index in [1.165, 1.54) is 16.7 Å². The third kappa shape index (κ3) is 4.22. The SMILES string of the molecule is CNCCNCC(C)(C)c1cc(C)c(OC)c(C)c1. The van der Waals surface area contributed by atoms with Crippen LogP contribution in [-0.2, 0) is 5.41 Å². The summed E-state index contributed by atoms with van der Waals surface area (Å²) in [6, 6.07) is 4.48. The Labute approximate surface area is 117 Å². The molecule has 0 amide bonds. The first-order valence-corrected chi connectivity index (χ1v) is 6.93. The highest BCUT2D eigenvalue weighted by molar-refractivity contribution is 5.45. The summed E-state index contributed by atoms with van der Waals surface area (Å²) in [7, 11) is 3.71. The average molecular weight is 264 g/mol. The second kappa shape index (κ2) is 6.92. The van der Waals surface area contributed by atoms with Crippen molar-refractivity contribution in [1.82, 2.24) is 10.6 Å². The summed E-state index contributed by atoms with van der Waals surface area (Å²) >= 11 is 0. The lowest BCUT2D eigenvalue weighted by Gasteiger charge is -2.27. The molecule has 0 saturated heterocycles. The second-order valence-corrected chi connectivity index (χ2v) is 5.81. The van der Waals surface area contributed by atoms with Crippen LogP contribution in [0.1, 0.15) is 30.5 Å². The Kier molecular flexibility index (Phi) is 5.83. The highest BCUT2D eigenvalue weighted by atomic mass is 16.5. The van der Waals surface area contributed by atoms with Crippen LogP contribution >= 0.6 is 0 Å². The summed E-state index contributed by atoms with van der Waals surface area (Å²) in [6.07, 6.45) is 0. The molecule has 0 aliphatic carbocycles. The zero-order valence-corrected chi connectivity index (χ0v) is 13.2. The molecule has 0 aliphatic heterocycles. The molecule has 0 aromatic heterocycles. The molecule has 3 nitrogen and oxygen atoms in total. The van der Waals surface area contributed by atoms with Gasteiger partial charge in [0, 0.05) is 25.0 Å². The maximum Gasteiger partial charge on any atom is 0.124 e. The molecule has 3 heteroatoms. The minimum absolute atomic E-state index is 0.121. The van der Waals surface area contributed by atoms with Crippen LogP contribution in [0.15, 0.2) is 12.1 Å². The van der Waals surface area contributed by atoms with Crippen molar-refractivity contribution in [3.8, 4) is 5.75 Å². The lowest BCUT2D eigenvalue weighted by Crippen LogP contribution is -2.36. The molecular weight excluding hydrogens is 236 g/mol. The topological polar surface area (TPSA) is 33.3 Å². The fourth-order valence-electron chi connectivity index (χ4n) is 2.38. The summed E-state index contributed by atoms with van der Waals surface area (Å²) in [4.78, 5) is 0. The first-order valence-electron chi connectivity index (χ1n) is 6.93. The first kappa shape index (κ1) is 16.0. The lowest BCUT2D eigenvalue weighted by atomic mass is 9.82. The van der Waals surface area contributed by atoms with Crippen LogP contribution in [0.3, 0.4) is 0 Å². The third-order valence-corrected chi connectivity index (χ3v) is 3.56. The smallest absolute Gasteiger partial charge is 0.124 e. The normalized spacial score (nSPS) is 11.7. The Morgan fingerprint density at radius 1 is 1.11 bits per heavy atom. The van der Waals surface area contributed by atoms with Crippen LogP contribution in [0.4, 0.5) is 0 Å². The fraction of sp³-hybridized carbons (Fsp3) is 0.625. The van der Waals surface area contributed by atoms with Gasteiger partial charge in [-0.25, -0.2) is 0 Å². The van der Waals surface area contributed by atoms with Crippen LogP contribution < -0.4 is 15.4 Å². The van der Waals surface area contributed by atoms with Gasteiger partial charge < -0.3 is 15.4 Å². The molecule has 108 valence electrons. The molecule has 0 bridgehead atoms. The Morgan fingerprint density at radius 2 is 1.68 bits per heavy atom. The van der Waals surface area contributed by atoms with E-state index in [0.717, 1.165) is 25.4 Å². The average Bonchev–Trinajstić information content (AvgIpc) is 2.34. The maximum atomic E-state index is 5.43. The van der Waals surface area contributed by atoms with Crippen LogP contribution in [0.5, 0.6) is 5.75 Å². The predicted molar refractivity (Wildman–Crippen MR) is 82.3 cm³/mol. The molecule has 1 aromatic rings. The Hall–Kier alpha value is -1.06. The molecule has 2 N–H and O–H groups in total. The number of benzene rings is 1. The van der Waals surface area contributed by atoms with Gasteiger partial charge in [0.05, 0.1) is 7.11 Å². The van der Waals surface area contributed by atoms with Gasteiger partial charge in [0.2, 0.25) is 0 Å². The largest absolute Gasteiger partial charge is 0.496 e. The van der Waals surface area contributed by atoms with Crippen molar-refractivity contribution in [3.63, 3.8) is 0 Å². The first-order chi connectivity index (χ1) is 8.92. The van der Waals surface area contributed by atoms with E-state index < -0.39 is 0 Å². The van der Waals surface area contributed by atoms with Crippen LogP contribution in [0, 0.1) is 13.8 Å². The van der Waals surface area contributed by atoms with Crippen LogP contribution in [0.25, 0.3) is 0 Å². The van der Waals surface area contributed by atoms with Gasteiger partial charge in [-0.05, 0) is 37.6 Å². The molecule has 19 heavy (non-hydrogen) atoms. The van der Waals surface area contributed by atoms with Gasteiger partial charge in [0.25, 0.3) is 0 Å². The zero-order chi connectivity index (χ0) is 14.5. The molecule has 0 fully saturated rings. The predicted octanol–water partition coefficient (Wildman–Crippen LogP) is 2.40. The van der Waals surface area contributed by atoms with Gasteiger partial charge in [0.15, 0.2) is 0 Å². The maximum absolute atomic E-state index is 5.43. The summed E-state index contributed by atoms with van der Waals surface area (Å²) in [5, 5.41) is 6.65. The monoisotopic (exact) mass is 264 g/mol. The molecule has 0 heterocycles. The van der Waals surface area contributed by atoms with Crippen molar-refractivity contribution < 1.29 is 4.74 Å².